The Labute approximate surface area is 136 Å². The number of pyridine rings is 1. The number of hydrogen-bond acceptors (Lipinski definition) is 5. The molecule has 0 spiro atoms. The first kappa shape index (κ1) is 15.1. The van der Waals surface area contributed by atoms with Gasteiger partial charge in [0, 0.05) is 30.4 Å². The van der Waals surface area contributed by atoms with Gasteiger partial charge in [0.25, 0.3) is 11.5 Å². The molecule has 3 heterocycles. The average Bonchev–Trinajstić information content (AvgIpc) is 3.10. The van der Waals surface area contributed by atoms with Crippen molar-refractivity contribution in [3.05, 3.63) is 80.7 Å². The largest absolute Gasteiger partial charge is 0.339 e. The molecule has 0 aliphatic rings. The van der Waals surface area contributed by atoms with Crippen LogP contribution in [0.3, 0.4) is 0 Å². The molecule has 7 heteroatoms. The van der Waals surface area contributed by atoms with E-state index in [1.54, 1.807) is 23.7 Å². The average molecular weight is 326 g/mol. The number of thiophene rings is 1. The normalized spacial score (nSPS) is 11.9. The van der Waals surface area contributed by atoms with Gasteiger partial charge in [-0.25, -0.2) is 4.68 Å². The Morgan fingerprint density at radius 2 is 2.00 bits per heavy atom. The van der Waals surface area contributed by atoms with Gasteiger partial charge in [-0.15, -0.1) is 11.3 Å². The molecule has 0 fully saturated rings. The molecule has 0 aliphatic heterocycles. The van der Waals surface area contributed by atoms with Crippen LogP contribution in [0.4, 0.5) is 0 Å². The second kappa shape index (κ2) is 6.53. The van der Waals surface area contributed by atoms with Crippen molar-refractivity contribution in [3.63, 3.8) is 0 Å². The van der Waals surface area contributed by atoms with Gasteiger partial charge < -0.3 is 5.32 Å². The number of carbonyl (C=O) groups excluding carboxylic acids is 1. The summed E-state index contributed by atoms with van der Waals surface area (Å²) in [6, 6.07) is 10.1. The number of aryl methyl sites for hydroxylation is 1. The van der Waals surface area contributed by atoms with Crippen LogP contribution in [0.2, 0.25) is 0 Å². The molecule has 3 aromatic rings. The zero-order valence-electron chi connectivity index (χ0n) is 12.3. The quantitative estimate of drug-likeness (QED) is 0.792. The first-order valence-corrected chi connectivity index (χ1v) is 7.81. The van der Waals surface area contributed by atoms with E-state index in [0.717, 1.165) is 15.1 Å². The number of carbonyl (C=O) groups is 1. The molecule has 0 saturated heterocycles. The van der Waals surface area contributed by atoms with Crippen molar-refractivity contribution in [3.8, 4) is 0 Å². The summed E-state index contributed by atoms with van der Waals surface area (Å²) in [5, 5.41) is 8.91. The molecule has 1 N–H and O–H groups in total. The predicted molar refractivity (Wildman–Crippen MR) is 87.3 cm³/mol. The minimum atomic E-state index is -0.337. The molecule has 116 valence electrons. The van der Waals surface area contributed by atoms with Crippen molar-refractivity contribution in [1.82, 2.24) is 20.1 Å². The van der Waals surface area contributed by atoms with E-state index >= 15 is 0 Å². The molecule has 0 radical (unpaired) electrons. The van der Waals surface area contributed by atoms with E-state index in [1.165, 1.54) is 19.2 Å². The summed E-state index contributed by atoms with van der Waals surface area (Å²) < 4.78 is 1.14. The third kappa shape index (κ3) is 3.35. The van der Waals surface area contributed by atoms with Gasteiger partial charge in [0.1, 0.15) is 5.69 Å². The Balaban J connectivity index is 1.91. The van der Waals surface area contributed by atoms with Crippen LogP contribution < -0.4 is 10.9 Å². The topological polar surface area (TPSA) is 76.9 Å². The molecule has 0 unspecified atom stereocenters. The lowest BCUT2D eigenvalue weighted by Crippen LogP contribution is -2.31. The second-order valence-corrected chi connectivity index (χ2v) is 5.86. The number of nitrogens with one attached hydrogen (secondary N) is 1. The monoisotopic (exact) mass is 326 g/mol. The molecule has 3 aromatic heterocycles. The summed E-state index contributed by atoms with van der Waals surface area (Å²) in [6.45, 7) is 0. The Morgan fingerprint density at radius 3 is 2.65 bits per heavy atom. The predicted octanol–water partition coefficient (Wildman–Crippen LogP) is 1.76. The standard InChI is InChI=1S/C16H14N4O2S/c1-20-14(21)5-4-12(19-20)16(22)18-15(13-3-2-10-23-13)11-6-8-17-9-7-11/h2-10,15H,1H3,(H,18,22)/t15-/m1/s1. The highest BCUT2D eigenvalue weighted by Crippen LogP contribution is 2.25. The van der Waals surface area contributed by atoms with Crippen molar-refractivity contribution in [2.75, 3.05) is 0 Å². The maximum Gasteiger partial charge on any atom is 0.272 e. The van der Waals surface area contributed by atoms with Gasteiger partial charge in [-0.3, -0.25) is 14.6 Å². The number of nitrogens with zero attached hydrogens (tertiary/aromatic N) is 3. The molecule has 0 bridgehead atoms. The van der Waals surface area contributed by atoms with Crippen molar-refractivity contribution in [2.24, 2.45) is 7.05 Å². The number of rotatable bonds is 4. The van der Waals surface area contributed by atoms with Crippen LogP contribution in [-0.2, 0) is 7.05 Å². The van der Waals surface area contributed by atoms with E-state index in [0.29, 0.717) is 0 Å². The number of aromatic nitrogens is 3. The van der Waals surface area contributed by atoms with Gasteiger partial charge in [0.2, 0.25) is 0 Å². The zero-order chi connectivity index (χ0) is 16.2. The Kier molecular flexibility index (Phi) is 4.29. The van der Waals surface area contributed by atoms with Gasteiger partial charge in [-0.2, -0.15) is 5.10 Å². The van der Waals surface area contributed by atoms with Crippen LogP contribution in [0.5, 0.6) is 0 Å². The molecule has 0 aromatic carbocycles. The van der Waals surface area contributed by atoms with Crippen LogP contribution in [0.25, 0.3) is 0 Å². The maximum absolute atomic E-state index is 12.5. The van der Waals surface area contributed by atoms with Gasteiger partial charge in [0.15, 0.2) is 0 Å². The first-order valence-electron chi connectivity index (χ1n) is 6.93. The Morgan fingerprint density at radius 1 is 1.22 bits per heavy atom. The van der Waals surface area contributed by atoms with Gasteiger partial charge in [-0.05, 0) is 35.2 Å². The van der Waals surface area contributed by atoms with E-state index in [9.17, 15) is 9.59 Å². The van der Waals surface area contributed by atoms with Crippen LogP contribution in [0, 0.1) is 0 Å². The van der Waals surface area contributed by atoms with E-state index in [4.69, 9.17) is 0 Å². The summed E-state index contributed by atoms with van der Waals surface area (Å²) in [5.41, 5.74) is 0.869. The molecular formula is C16H14N4O2S. The highest BCUT2D eigenvalue weighted by molar-refractivity contribution is 7.10. The number of hydrogen-bond donors (Lipinski definition) is 1. The van der Waals surface area contributed by atoms with Gasteiger partial charge in [0.05, 0.1) is 6.04 Å². The van der Waals surface area contributed by atoms with E-state index in [2.05, 4.69) is 15.4 Å². The van der Waals surface area contributed by atoms with Crippen LogP contribution in [0.1, 0.15) is 27.0 Å². The first-order chi connectivity index (χ1) is 11.1. The minimum Gasteiger partial charge on any atom is -0.339 e. The molecule has 3 rings (SSSR count). The zero-order valence-corrected chi connectivity index (χ0v) is 13.2. The highest BCUT2D eigenvalue weighted by Gasteiger charge is 2.19. The van der Waals surface area contributed by atoms with Crippen LogP contribution >= 0.6 is 11.3 Å². The minimum absolute atomic E-state index is 0.197. The van der Waals surface area contributed by atoms with Crippen LogP contribution in [-0.4, -0.2) is 20.7 Å². The second-order valence-electron chi connectivity index (χ2n) is 4.88. The lowest BCUT2D eigenvalue weighted by atomic mass is 10.1. The Bertz CT molecular complexity index is 859. The van der Waals surface area contributed by atoms with Crippen molar-refractivity contribution in [1.29, 1.82) is 0 Å². The third-order valence-corrected chi connectivity index (χ3v) is 4.27. The molecule has 6 nitrogen and oxygen atoms in total. The lowest BCUT2D eigenvalue weighted by Gasteiger charge is -2.17. The SMILES string of the molecule is Cn1nc(C(=O)N[C@H](c2ccncc2)c2cccs2)ccc1=O. The maximum atomic E-state index is 12.5. The fourth-order valence-corrected chi connectivity index (χ4v) is 2.96. The summed E-state index contributed by atoms with van der Waals surface area (Å²) in [6.07, 6.45) is 3.37. The van der Waals surface area contributed by atoms with E-state index < -0.39 is 0 Å². The van der Waals surface area contributed by atoms with Gasteiger partial charge in [-0.1, -0.05) is 6.07 Å². The van der Waals surface area contributed by atoms with E-state index in [1.807, 2.05) is 29.6 Å². The van der Waals surface area contributed by atoms with Crippen LogP contribution in [0.15, 0.2) is 59.0 Å². The summed E-state index contributed by atoms with van der Waals surface area (Å²) >= 11 is 1.56. The fraction of sp³-hybridized carbons (Fsp3) is 0.125. The Hall–Kier alpha value is -2.80. The summed E-state index contributed by atoms with van der Waals surface area (Å²) in [4.78, 5) is 28.9. The van der Waals surface area contributed by atoms with Crippen molar-refractivity contribution < 1.29 is 4.79 Å². The van der Waals surface area contributed by atoms with E-state index in [-0.39, 0.29) is 23.2 Å². The summed E-state index contributed by atoms with van der Waals surface area (Å²) in [5.74, 6) is -0.337. The van der Waals surface area contributed by atoms with Gasteiger partial charge >= 0.3 is 0 Å². The van der Waals surface area contributed by atoms with Crippen molar-refractivity contribution >= 4 is 17.2 Å². The molecule has 0 saturated carbocycles. The lowest BCUT2D eigenvalue weighted by molar-refractivity contribution is 0.0936. The molecule has 23 heavy (non-hydrogen) atoms. The molecule has 0 aliphatic carbocycles. The third-order valence-electron chi connectivity index (χ3n) is 3.34. The smallest absolute Gasteiger partial charge is 0.272 e. The highest BCUT2D eigenvalue weighted by atomic mass is 32.1. The van der Waals surface area contributed by atoms with Crippen molar-refractivity contribution in [2.45, 2.75) is 6.04 Å². The molecule has 1 amide bonds. The molecular weight excluding hydrogens is 312 g/mol. The summed E-state index contributed by atoms with van der Waals surface area (Å²) in [7, 11) is 1.51. The molecule has 1 atom stereocenters. The number of amides is 1. The fourth-order valence-electron chi connectivity index (χ4n) is 2.16.